The van der Waals surface area contributed by atoms with E-state index in [1.807, 2.05) is 49.7 Å². The fourth-order valence-corrected chi connectivity index (χ4v) is 1.74. The number of ether oxygens (including phenoxy) is 1. The van der Waals surface area contributed by atoms with Crippen molar-refractivity contribution >= 4 is 12.2 Å². The number of aromatic nitrogens is 3. The second-order valence-electron chi connectivity index (χ2n) is 4.02. The molecule has 2 rings (SSSR count). The van der Waals surface area contributed by atoms with Gasteiger partial charge < -0.3 is 9.30 Å². The molecule has 0 radical (unpaired) electrons. The number of nitrogens with zero attached hydrogens (tertiary/aromatic N) is 2. The summed E-state index contributed by atoms with van der Waals surface area (Å²) in [7, 11) is 1.87. The minimum absolute atomic E-state index is 0.143. The molecule has 1 aromatic carbocycles. The third kappa shape index (κ3) is 2.55. The van der Waals surface area contributed by atoms with E-state index in [9.17, 15) is 0 Å². The van der Waals surface area contributed by atoms with Crippen LogP contribution in [0.2, 0.25) is 0 Å². The summed E-state index contributed by atoms with van der Waals surface area (Å²) >= 11 is 5.06. The highest BCUT2D eigenvalue weighted by Crippen LogP contribution is 2.20. The Morgan fingerprint density at radius 3 is 2.53 bits per heavy atom. The summed E-state index contributed by atoms with van der Waals surface area (Å²) in [5.74, 6) is 1.62. The average Bonchev–Trinajstić information content (AvgIpc) is 2.63. The summed E-state index contributed by atoms with van der Waals surface area (Å²) in [5, 5.41) is 6.90. The quantitative estimate of drug-likeness (QED) is 0.850. The molecule has 0 amide bonds. The van der Waals surface area contributed by atoms with Gasteiger partial charge in [0, 0.05) is 7.05 Å². The van der Waals surface area contributed by atoms with Gasteiger partial charge in [0.15, 0.2) is 16.7 Å². The van der Waals surface area contributed by atoms with Gasteiger partial charge in [-0.2, -0.15) is 5.10 Å². The molecule has 0 aliphatic rings. The monoisotopic (exact) mass is 249 g/mol. The van der Waals surface area contributed by atoms with Crippen molar-refractivity contribution in [3.63, 3.8) is 0 Å². The van der Waals surface area contributed by atoms with Crippen molar-refractivity contribution in [3.05, 3.63) is 40.4 Å². The molecule has 0 saturated carbocycles. The molecular formula is C12H15N3OS. The molecule has 4 nitrogen and oxygen atoms in total. The highest BCUT2D eigenvalue weighted by molar-refractivity contribution is 7.71. The van der Waals surface area contributed by atoms with Gasteiger partial charge in [-0.15, -0.1) is 0 Å². The zero-order valence-corrected chi connectivity index (χ0v) is 10.9. The van der Waals surface area contributed by atoms with Crippen molar-refractivity contribution in [2.75, 3.05) is 0 Å². The second kappa shape index (κ2) is 4.71. The van der Waals surface area contributed by atoms with Crippen molar-refractivity contribution in [1.29, 1.82) is 0 Å². The van der Waals surface area contributed by atoms with Crippen LogP contribution in [0.4, 0.5) is 0 Å². The highest BCUT2D eigenvalue weighted by atomic mass is 32.1. The number of benzene rings is 1. The fourth-order valence-electron chi connectivity index (χ4n) is 1.60. The van der Waals surface area contributed by atoms with Gasteiger partial charge in [-0.1, -0.05) is 17.7 Å². The van der Waals surface area contributed by atoms with E-state index in [1.54, 1.807) is 0 Å². The molecule has 0 spiro atoms. The minimum atomic E-state index is -0.143. The maximum Gasteiger partial charge on any atom is 0.195 e. The van der Waals surface area contributed by atoms with Crippen LogP contribution in [0.3, 0.4) is 0 Å². The molecule has 1 aromatic heterocycles. The molecule has 2 aromatic rings. The maximum absolute atomic E-state index is 5.80. The van der Waals surface area contributed by atoms with Gasteiger partial charge in [-0.3, -0.25) is 5.10 Å². The van der Waals surface area contributed by atoms with E-state index in [-0.39, 0.29) is 6.10 Å². The largest absolute Gasteiger partial charge is 0.483 e. The number of aryl methyl sites for hydroxylation is 1. The van der Waals surface area contributed by atoms with Crippen molar-refractivity contribution in [2.24, 2.45) is 7.05 Å². The Kier molecular flexibility index (Phi) is 3.28. The standard InChI is InChI=1S/C12H15N3OS/c1-8-4-6-10(7-5-8)16-9(2)11-13-14-12(17)15(11)3/h4-7,9H,1-3H3,(H,14,17)/t9-/m1/s1. The van der Waals surface area contributed by atoms with Crippen molar-refractivity contribution in [2.45, 2.75) is 20.0 Å². The van der Waals surface area contributed by atoms with E-state index in [0.29, 0.717) is 4.77 Å². The lowest BCUT2D eigenvalue weighted by molar-refractivity contribution is 0.212. The van der Waals surface area contributed by atoms with Crippen LogP contribution in [0.5, 0.6) is 5.75 Å². The number of rotatable bonds is 3. The van der Waals surface area contributed by atoms with Gasteiger partial charge >= 0.3 is 0 Å². The Morgan fingerprint density at radius 1 is 1.35 bits per heavy atom. The van der Waals surface area contributed by atoms with Gasteiger partial charge in [0.25, 0.3) is 0 Å². The summed E-state index contributed by atoms with van der Waals surface area (Å²) in [6.07, 6.45) is -0.143. The number of nitrogens with one attached hydrogen (secondary N) is 1. The molecule has 0 fully saturated rings. The van der Waals surface area contributed by atoms with Crippen LogP contribution >= 0.6 is 12.2 Å². The van der Waals surface area contributed by atoms with E-state index in [0.717, 1.165) is 11.6 Å². The molecule has 17 heavy (non-hydrogen) atoms. The highest BCUT2D eigenvalue weighted by Gasteiger charge is 2.13. The SMILES string of the molecule is Cc1ccc(O[C@H](C)c2n[nH]c(=S)n2C)cc1. The number of hydrogen-bond donors (Lipinski definition) is 1. The van der Waals surface area contributed by atoms with Crippen molar-refractivity contribution in [1.82, 2.24) is 14.8 Å². The maximum atomic E-state index is 5.80. The van der Waals surface area contributed by atoms with Crippen LogP contribution in [0.25, 0.3) is 0 Å². The summed E-state index contributed by atoms with van der Waals surface area (Å²) in [6.45, 7) is 4.00. The Labute approximate surface area is 105 Å². The Hall–Kier alpha value is -1.62. The lowest BCUT2D eigenvalue weighted by Crippen LogP contribution is -2.09. The van der Waals surface area contributed by atoms with E-state index in [2.05, 4.69) is 10.2 Å². The topological polar surface area (TPSA) is 42.8 Å². The predicted molar refractivity (Wildman–Crippen MR) is 68.6 cm³/mol. The number of hydrogen-bond acceptors (Lipinski definition) is 3. The van der Waals surface area contributed by atoms with Gasteiger partial charge in [0.2, 0.25) is 0 Å². The van der Waals surface area contributed by atoms with E-state index < -0.39 is 0 Å². The Balaban J connectivity index is 2.17. The normalized spacial score (nSPS) is 12.4. The second-order valence-corrected chi connectivity index (χ2v) is 4.41. The molecule has 0 aliphatic carbocycles. The lowest BCUT2D eigenvalue weighted by atomic mass is 10.2. The van der Waals surface area contributed by atoms with E-state index in [4.69, 9.17) is 17.0 Å². The molecule has 1 atom stereocenters. The summed E-state index contributed by atoms with van der Waals surface area (Å²) in [5.41, 5.74) is 1.21. The van der Waals surface area contributed by atoms with Gasteiger partial charge in [-0.05, 0) is 38.2 Å². The van der Waals surface area contributed by atoms with Gasteiger partial charge in [0.1, 0.15) is 5.75 Å². The first-order valence-corrected chi connectivity index (χ1v) is 5.83. The lowest BCUT2D eigenvalue weighted by Gasteiger charge is -2.13. The van der Waals surface area contributed by atoms with Crippen LogP contribution in [0.1, 0.15) is 24.4 Å². The first-order chi connectivity index (χ1) is 8.08. The molecule has 0 saturated heterocycles. The average molecular weight is 249 g/mol. The molecule has 90 valence electrons. The predicted octanol–water partition coefficient (Wildman–Crippen LogP) is 2.93. The summed E-state index contributed by atoms with van der Waals surface area (Å²) in [6, 6.07) is 7.94. The van der Waals surface area contributed by atoms with Crippen LogP contribution in [-0.2, 0) is 7.05 Å². The molecular weight excluding hydrogens is 234 g/mol. The third-order valence-corrected chi connectivity index (χ3v) is 2.98. The van der Waals surface area contributed by atoms with E-state index in [1.165, 1.54) is 5.56 Å². The van der Waals surface area contributed by atoms with Gasteiger partial charge in [0.05, 0.1) is 0 Å². The molecule has 0 bridgehead atoms. The minimum Gasteiger partial charge on any atom is -0.483 e. The van der Waals surface area contributed by atoms with Gasteiger partial charge in [-0.25, -0.2) is 0 Å². The molecule has 0 aliphatic heterocycles. The zero-order chi connectivity index (χ0) is 12.4. The van der Waals surface area contributed by atoms with Crippen LogP contribution < -0.4 is 4.74 Å². The van der Waals surface area contributed by atoms with Crippen LogP contribution in [0.15, 0.2) is 24.3 Å². The molecule has 1 heterocycles. The van der Waals surface area contributed by atoms with E-state index >= 15 is 0 Å². The van der Waals surface area contributed by atoms with Crippen molar-refractivity contribution < 1.29 is 4.74 Å². The third-order valence-electron chi connectivity index (χ3n) is 2.61. The number of H-pyrrole nitrogens is 1. The number of aromatic amines is 1. The van der Waals surface area contributed by atoms with Crippen molar-refractivity contribution in [3.8, 4) is 5.75 Å². The Morgan fingerprint density at radius 2 is 2.00 bits per heavy atom. The Bertz CT molecular complexity index is 556. The first-order valence-electron chi connectivity index (χ1n) is 5.42. The summed E-state index contributed by atoms with van der Waals surface area (Å²) < 4.78 is 8.21. The molecule has 5 heteroatoms. The van der Waals surface area contributed by atoms with Crippen LogP contribution in [0, 0.1) is 11.7 Å². The summed E-state index contributed by atoms with van der Waals surface area (Å²) in [4.78, 5) is 0. The molecule has 1 N–H and O–H groups in total. The smallest absolute Gasteiger partial charge is 0.195 e. The first kappa shape index (κ1) is 11.9. The molecule has 0 unspecified atom stereocenters. The fraction of sp³-hybridized carbons (Fsp3) is 0.333. The zero-order valence-electron chi connectivity index (χ0n) is 10.1. The van der Waals surface area contributed by atoms with Crippen LogP contribution in [-0.4, -0.2) is 14.8 Å².